The summed E-state index contributed by atoms with van der Waals surface area (Å²) in [5.74, 6) is 1.13. The highest BCUT2D eigenvalue weighted by atomic mass is 16.5. The molecule has 6 heteroatoms. The molecule has 0 aliphatic carbocycles. The number of nitrogens with one attached hydrogen (secondary N) is 1. The van der Waals surface area contributed by atoms with E-state index in [1.807, 2.05) is 51.1 Å². The van der Waals surface area contributed by atoms with Crippen molar-refractivity contribution in [1.29, 1.82) is 0 Å². The van der Waals surface area contributed by atoms with Crippen molar-refractivity contribution in [2.75, 3.05) is 23.4 Å². The first-order valence-electron chi connectivity index (χ1n) is 9.37. The van der Waals surface area contributed by atoms with Crippen LogP contribution in [-0.2, 0) is 9.59 Å². The molecule has 0 saturated heterocycles. The number of fused-ring (bicyclic) bond motifs is 1. The van der Waals surface area contributed by atoms with Crippen LogP contribution < -0.4 is 19.7 Å². The fourth-order valence-electron chi connectivity index (χ4n) is 2.81. The second kappa shape index (κ2) is 7.92. The molecule has 0 aromatic heterocycles. The van der Waals surface area contributed by atoms with Crippen LogP contribution in [0.3, 0.4) is 0 Å². The molecule has 1 aliphatic rings. The van der Waals surface area contributed by atoms with Gasteiger partial charge < -0.3 is 19.7 Å². The van der Waals surface area contributed by atoms with E-state index in [1.54, 1.807) is 30.0 Å². The monoisotopic (exact) mass is 382 g/mol. The molecule has 28 heavy (non-hydrogen) atoms. The van der Waals surface area contributed by atoms with Crippen molar-refractivity contribution >= 4 is 23.2 Å². The van der Waals surface area contributed by atoms with Crippen molar-refractivity contribution in [3.05, 3.63) is 48.5 Å². The number of nitrogens with zero attached hydrogens (tertiary/aromatic N) is 1. The van der Waals surface area contributed by atoms with Crippen LogP contribution in [0.25, 0.3) is 0 Å². The summed E-state index contributed by atoms with van der Waals surface area (Å²) in [5, 5.41) is 2.89. The molecule has 0 spiro atoms. The summed E-state index contributed by atoms with van der Waals surface area (Å²) in [6.07, 6.45) is -0.599. The molecule has 148 valence electrons. The van der Waals surface area contributed by atoms with Crippen LogP contribution in [0.4, 0.5) is 11.4 Å². The van der Waals surface area contributed by atoms with Crippen LogP contribution in [0.15, 0.2) is 48.5 Å². The molecule has 2 aromatic rings. The Balaban J connectivity index is 1.74. The number of benzene rings is 2. The van der Waals surface area contributed by atoms with Gasteiger partial charge in [0.15, 0.2) is 6.10 Å². The lowest BCUT2D eigenvalue weighted by Gasteiger charge is -2.33. The first kappa shape index (κ1) is 19.7. The third-order valence-corrected chi connectivity index (χ3v) is 4.43. The van der Waals surface area contributed by atoms with Crippen LogP contribution >= 0.6 is 0 Å². The number of amides is 2. The fourth-order valence-corrected chi connectivity index (χ4v) is 2.81. The first-order valence-corrected chi connectivity index (χ1v) is 9.37. The van der Waals surface area contributed by atoms with Gasteiger partial charge in [-0.25, -0.2) is 0 Å². The highest BCUT2D eigenvalue weighted by molar-refractivity contribution is 6.01. The maximum Gasteiger partial charge on any atom is 0.267 e. The van der Waals surface area contributed by atoms with Gasteiger partial charge in [0.05, 0.1) is 12.2 Å². The Morgan fingerprint density at radius 3 is 2.57 bits per heavy atom. The molecule has 1 atom stereocenters. The minimum absolute atomic E-state index is 0.0829. The lowest BCUT2D eigenvalue weighted by Crippen LogP contribution is -2.46. The van der Waals surface area contributed by atoms with Crippen molar-refractivity contribution in [2.45, 2.75) is 33.8 Å². The van der Waals surface area contributed by atoms with Gasteiger partial charge in [0, 0.05) is 17.2 Å². The molecule has 1 unspecified atom stereocenters. The Morgan fingerprint density at radius 1 is 1.18 bits per heavy atom. The van der Waals surface area contributed by atoms with Gasteiger partial charge in [0.1, 0.15) is 18.1 Å². The molecule has 6 nitrogen and oxygen atoms in total. The SMILES string of the molecule is CC1Oc2cc(NC(=O)C(C)(C)C)ccc2N(CCOc2ccccc2)C1=O. The molecule has 0 bridgehead atoms. The molecule has 1 N–H and O–H groups in total. The number of anilines is 2. The second-order valence-corrected chi connectivity index (χ2v) is 7.80. The largest absolute Gasteiger partial charge is 0.492 e. The second-order valence-electron chi connectivity index (χ2n) is 7.80. The quantitative estimate of drug-likeness (QED) is 0.853. The number of carbonyl (C=O) groups is 2. The predicted molar refractivity (Wildman–Crippen MR) is 109 cm³/mol. The van der Waals surface area contributed by atoms with Crippen molar-refractivity contribution in [2.24, 2.45) is 5.41 Å². The Hall–Kier alpha value is -3.02. The van der Waals surface area contributed by atoms with E-state index in [4.69, 9.17) is 9.47 Å². The van der Waals surface area contributed by atoms with Crippen LogP contribution in [0.5, 0.6) is 11.5 Å². The Kier molecular flexibility index (Phi) is 5.58. The van der Waals surface area contributed by atoms with Gasteiger partial charge in [-0.2, -0.15) is 0 Å². The summed E-state index contributed by atoms with van der Waals surface area (Å²) in [4.78, 5) is 26.5. The third-order valence-electron chi connectivity index (χ3n) is 4.43. The van der Waals surface area contributed by atoms with Gasteiger partial charge >= 0.3 is 0 Å². The van der Waals surface area contributed by atoms with E-state index in [1.165, 1.54) is 0 Å². The van der Waals surface area contributed by atoms with Crippen LogP contribution in [0.1, 0.15) is 27.7 Å². The Labute approximate surface area is 165 Å². The number of ether oxygens (including phenoxy) is 2. The molecule has 0 radical (unpaired) electrons. The van der Waals surface area contributed by atoms with Gasteiger partial charge in [0.25, 0.3) is 5.91 Å². The summed E-state index contributed by atoms with van der Waals surface area (Å²) < 4.78 is 11.5. The van der Waals surface area contributed by atoms with E-state index in [2.05, 4.69) is 5.32 Å². The minimum atomic E-state index is -0.599. The van der Waals surface area contributed by atoms with Crippen LogP contribution in [0.2, 0.25) is 0 Å². The van der Waals surface area contributed by atoms with E-state index in [9.17, 15) is 9.59 Å². The fraction of sp³-hybridized carbons (Fsp3) is 0.364. The number of rotatable bonds is 5. The third kappa shape index (κ3) is 4.44. The summed E-state index contributed by atoms with van der Waals surface area (Å²) in [5.41, 5.74) is 0.815. The topological polar surface area (TPSA) is 67.9 Å². The number of hydrogen-bond donors (Lipinski definition) is 1. The molecule has 0 saturated carbocycles. The smallest absolute Gasteiger partial charge is 0.267 e. The molecule has 3 rings (SSSR count). The number of para-hydroxylation sites is 1. The van der Waals surface area contributed by atoms with Gasteiger partial charge in [-0.3, -0.25) is 9.59 Å². The van der Waals surface area contributed by atoms with Gasteiger partial charge in [-0.15, -0.1) is 0 Å². The van der Waals surface area contributed by atoms with Crippen molar-refractivity contribution < 1.29 is 19.1 Å². The Bertz CT molecular complexity index is 859. The zero-order chi connectivity index (χ0) is 20.3. The summed E-state index contributed by atoms with van der Waals surface area (Å²) in [6.45, 7) is 8.05. The van der Waals surface area contributed by atoms with Gasteiger partial charge in [-0.1, -0.05) is 39.0 Å². The van der Waals surface area contributed by atoms with Crippen LogP contribution in [0, 0.1) is 5.41 Å². The van der Waals surface area contributed by atoms with Gasteiger partial charge in [-0.05, 0) is 31.2 Å². The molecule has 1 aliphatic heterocycles. The molecular weight excluding hydrogens is 356 g/mol. The summed E-state index contributed by atoms with van der Waals surface area (Å²) in [6, 6.07) is 14.8. The van der Waals surface area contributed by atoms with Crippen molar-refractivity contribution in [3.63, 3.8) is 0 Å². The maximum absolute atomic E-state index is 12.6. The van der Waals surface area contributed by atoms with Crippen molar-refractivity contribution in [3.8, 4) is 11.5 Å². The lowest BCUT2D eigenvalue weighted by molar-refractivity contribution is -0.125. The number of hydrogen-bond acceptors (Lipinski definition) is 4. The first-order chi connectivity index (χ1) is 13.3. The average Bonchev–Trinajstić information content (AvgIpc) is 2.65. The lowest BCUT2D eigenvalue weighted by atomic mass is 9.95. The molecule has 0 fully saturated rings. The normalized spacial score (nSPS) is 16.2. The van der Waals surface area contributed by atoms with Gasteiger partial charge in [0.2, 0.25) is 5.91 Å². The molecule has 2 amide bonds. The maximum atomic E-state index is 12.6. The highest BCUT2D eigenvalue weighted by Crippen LogP contribution is 2.36. The summed E-state index contributed by atoms with van der Waals surface area (Å²) in [7, 11) is 0. The van der Waals surface area contributed by atoms with E-state index in [0.29, 0.717) is 30.3 Å². The minimum Gasteiger partial charge on any atom is -0.492 e. The summed E-state index contributed by atoms with van der Waals surface area (Å²) >= 11 is 0. The van der Waals surface area contributed by atoms with Crippen LogP contribution in [-0.4, -0.2) is 31.1 Å². The van der Waals surface area contributed by atoms with E-state index < -0.39 is 11.5 Å². The van der Waals surface area contributed by atoms with Crippen molar-refractivity contribution in [1.82, 2.24) is 0 Å². The zero-order valence-electron chi connectivity index (χ0n) is 16.7. The molecule has 2 aromatic carbocycles. The molecular formula is C22H26N2O4. The van der Waals surface area contributed by atoms with E-state index in [-0.39, 0.29) is 11.8 Å². The van der Waals surface area contributed by atoms with E-state index in [0.717, 1.165) is 5.75 Å². The number of carbonyl (C=O) groups excluding carboxylic acids is 2. The Morgan fingerprint density at radius 2 is 1.89 bits per heavy atom. The van der Waals surface area contributed by atoms with E-state index >= 15 is 0 Å². The standard InChI is InChI=1S/C22H26N2O4/c1-15-20(25)24(12-13-27-17-8-6-5-7-9-17)18-11-10-16(14-19(18)28-15)23-21(26)22(2,3)4/h5-11,14-15H,12-13H2,1-4H3,(H,23,26). The predicted octanol–water partition coefficient (Wildman–Crippen LogP) is 3.86. The highest BCUT2D eigenvalue weighted by Gasteiger charge is 2.32. The molecule has 1 heterocycles. The average molecular weight is 382 g/mol. The zero-order valence-corrected chi connectivity index (χ0v) is 16.7.